The Bertz CT molecular complexity index is 1190. The van der Waals surface area contributed by atoms with Crippen molar-refractivity contribution in [2.45, 2.75) is 58.2 Å². The van der Waals surface area contributed by atoms with Crippen LogP contribution < -0.4 is 21.3 Å². The third-order valence-electron chi connectivity index (χ3n) is 5.38. The number of carbonyl (C=O) groups is 1. The van der Waals surface area contributed by atoms with Gasteiger partial charge in [-0.05, 0) is 43.7 Å². The van der Waals surface area contributed by atoms with Crippen LogP contribution in [0.1, 0.15) is 54.9 Å². The summed E-state index contributed by atoms with van der Waals surface area (Å²) < 4.78 is 7.25. The number of H-pyrrole nitrogens is 1. The molecule has 1 saturated carbocycles. The van der Waals surface area contributed by atoms with E-state index in [9.17, 15) is 14.4 Å². The van der Waals surface area contributed by atoms with Crippen LogP contribution in [0, 0.1) is 0 Å². The van der Waals surface area contributed by atoms with Crippen LogP contribution in [0.5, 0.6) is 5.88 Å². The first kappa shape index (κ1) is 20.8. The van der Waals surface area contributed by atoms with Gasteiger partial charge in [0, 0.05) is 31.5 Å². The Hall–Kier alpha value is -3.49. The van der Waals surface area contributed by atoms with Crippen LogP contribution in [-0.4, -0.2) is 31.5 Å². The van der Waals surface area contributed by atoms with Gasteiger partial charge in [-0.3, -0.25) is 19.1 Å². The maximum Gasteiger partial charge on any atom is 0.329 e. The highest BCUT2D eigenvalue weighted by molar-refractivity contribution is 5.96. The van der Waals surface area contributed by atoms with Crippen LogP contribution in [-0.2, 0) is 13.1 Å². The largest absolute Gasteiger partial charge is 0.474 e. The average Bonchev–Trinajstić information content (AvgIpc) is 3.28. The molecule has 9 heteroatoms. The first-order chi connectivity index (χ1) is 15.0. The highest BCUT2D eigenvalue weighted by atomic mass is 16.5. The number of nitrogens with one attached hydrogen (secondary N) is 2. The van der Waals surface area contributed by atoms with Gasteiger partial charge in [-0.1, -0.05) is 13.0 Å². The molecular formula is C22H25N5O4. The van der Waals surface area contributed by atoms with E-state index in [0.29, 0.717) is 18.8 Å². The van der Waals surface area contributed by atoms with Crippen molar-refractivity contribution >= 4 is 16.9 Å². The standard InChI is InChI=1S/C22H25N5O4/c1-2-9-27-19-17(21(29)26-22(27)30)10-15(13-24-19)20(28)25-12-14-7-8-18(23-11-14)31-16-5-3-4-6-16/h7-8,10-11,13,16H,2-6,9,12H2,1H3,(H,25,28)(H,26,29,30). The smallest absolute Gasteiger partial charge is 0.329 e. The molecule has 0 spiro atoms. The molecule has 0 aliphatic heterocycles. The molecule has 1 aliphatic carbocycles. The summed E-state index contributed by atoms with van der Waals surface area (Å²) >= 11 is 0. The van der Waals surface area contributed by atoms with Gasteiger partial charge in [0.15, 0.2) is 0 Å². The third kappa shape index (κ3) is 4.65. The molecule has 1 aliphatic rings. The number of nitrogens with zero attached hydrogens (tertiary/aromatic N) is 3. The predicted octanol–water partition coefficient (Wildman–Crippen LogP) is 2.14. The maximum absolute atomic E-state index is 12.6. The summed E-state index contributed by atoms with van der Waals surface area (Å²) in [7, 11) is 0. The van der Waals surface area contributed by atoms with E-state index in [4.69, 9.17) is 4.74 Å². The number of amides is 1. The van der Waals surface area contributed by atoms with Gasteiger partial charge < -0.3 is 10.1 Å². The van der Waals surface area contributed by atoms with Crippen molar-refractivity contribution in [3.8, 4) is 5.88 Å². The fraction of sp³-hybridized carbons (Fsp3) is 0.409. The molecule has 1 amide bonds. The molecule has 0 bridgehead atoms. The van der Waals surface area contributed by atoms with Gasteiger partial charge >= 0.3 is 5.69 Å². The van der Waals surface area contributed by atoms with Crippen molar-refractivity contribution in [1.29, 1.82) is 0 Å². The zero-order chi connectivity index (χ0) is 21.8. The number of rotatable bonds is 7. The second-order valence-corrected chi connectivity index (χ2v) is 7.72. The Balaban J connectivity index is 1.44. The van der Waals surface area contributed by atoms with E-state index in [1.165, 1.54) is 29.7 Å². The Morgan fingerprint density at radius 1 is 1.23 bits per heavy atom. The second kappa shape index (κ2) is 9.11. The average molecular weight is 423 g/mol. The quantitative estimate of drug-likeness (QED) is 0.601. The molecule has 2 N–H and O–H groups in total. The Labute approximate surface area is 178 Å². The second-order valence-electron chi connectivity index (χ2n) is 7.72. The SMILES string of the molecule is CCCn1c(=O)[nH]c(=O)c2cc(C(=O)NCc3ccc(OC4CCCC4)nc3)cnc21. The summed E-state index contributed by atoms with van der Waals surface area (Å²) in [5.41, 5.74) is 0.284. The van der Waals surface area contributed by atoms with Gasteiger partial charge in [0.2, 0.25) is 5.88 Å². The molecule has 4 rings (SSSR count). The first-order valence-electron chi connectivity index (χ1n) is 10.6. The summed E-state index contributed by atoms with van der Waals surface area (Å²) in [6.07, 6.45) is 8.53. The van der Waals surface area contributed by atoms with Crippen molar-refractivity contribution in [3.05, 3.63) is 62.6 Å². The van der Waals surface area contributed by atoms with Crippen molar-refractivity contribution in [2.24, 2.45) is 0 Å². The number of carbonyl (C=O) groups excluding carboxylic acids is 1. The Morgan fingerprint density at radius 3 is 2.74 bits per heavy atom. The summed E-state index contributed by atoms with van der Waals surface area (Å²) in [5.74, 6) is 0.228. The van der Waals surface area contributed by atoms with E-state index < -0.39 is 11.2 Å². The Morgan fingerprint density at radius 2 is 2.03 bits per heavy atom. The lowest BCUT2D eigenvalue weighted by Crippen LogP contribution is -2.31. The summed E-state index contributed by atoms with van der Waals surface area (Å²) in [5, 5.41) is 3.01. The van der Waals surface area contributed by atoms with Crippen LogP contribution in [0.4, 0.5) is 0 Å². The van der Waals surface area contributed by atoms with E-state index in [1.807, 2.05) is 19.1 Å². The molecule has 1 fully saturated rings. The van der Waals surface area contributed by atoms with Crippen LogP contribution in [0.25, 0.3) is 11.0 Å². The van der Waals surface area contributed by atoms with Gasteiger partial charge in [0.1, 0.15) is 11.8 Å². The van der Waals surface area contributed by atoms with E-state index in [-0.39, 0.29) is 35.2 Å². The van der Waals surface area contributed by atoms with E-state index in [0.717, 1.165) is 18.4 Å². The number of hydrogen-bond acceptors (Lipinski definition) is 6. The van der Waals surface area contributed by atoms with Gasteiger partial charge in [0.25, 0.3) is 11.5 Å². The highest BCUT2D eigenvalue weighted by Crippen LogP contribution is 2.22. The summed E-state index contributed by atoms with van der Waals surface area (Å²) in [4.78, 5) is 47.6. The fourth-order valence-corrected chi connectivity index (χ4v) is 3.77. The maximum atomic E-state index is 12.6. The molecule has 0 atom stereocenters. The molecule has 162 valence electrons. The number of pyridine rings is 2. The monoisotopic (exact) mass is 423 g/mol. The summed E-state index contributed by atoms with van der Waals surface area (Å²) in [6, 6.07) is 5.13. The van der Waals surface area contributed by atoms with E-state index in [1.54, 1.807) is 6.20 Å². The van der Waals surface area contributed by atoms with Gasteiger partial charge in [-0.2, -0.15) is 0 Å². The molecule has 0 radical (unpaired) electrons. The normalized spacial score (nSPS) is 14.1. The number of fused-ring (bicyclic) bond motifs is 1. The lowest BCUT2D eigenvalue weighted by molar-refractivity contribution is 0.0950. The fourth-order valence-electron chi connectivity index (χ4n) is 3.77. The van der Waals surface area contributed by atoms with E-state index in [2.05, 4.69) is 20.3 Å². The lowest BCUT2D eigenvalue weighted by Gasteiger charge is -2.12. The zero-order valence-corrected chi connectivity index (χ0v) is 17.4. The molecule has 9 nitrogen and oxygen atoms in total. The molecule has 3 aromatic heterocycles. The lowest BCUT2D eigenvalue weighted by atomic mass is 10.2. The van der Waals surface area contributed by atoms with Crippen LogP contribution in [0.3, 0.4) is 0 Å². The molecule has 0 aromatic carbocycles. The summed E-state index contributed by atoms with van der Waals surface area (Å²) in [6.45, 7) is 2.63. The molecule has 0 saturated heterocycles. The van der Waals surface area contributed by atoms with Crippen LogP contribution in [0.2, 0.25) is 0 Å². The zero-order valence-electron chi connectivity index (χ0n) is 17.4. The van der Waals surface area contributed by atoms with Crippen molar-refractivity contribution in [1.82, 2.24) is 24.8 Å². The Kier molecular flexibility index (Phi) is 6.11. The van der Waals surface area contributed by atoms with E-state index >= 15 is 0 Å². The third-order valence-corrected chi connectivity index (χ3v) is 5.38. The number of aromatic amines is 1. The molecule has 0 unspecified atom stereocenters. The predicted molar refractivity (Wildman–Crippen MR) is 115 cm³/mol. The minimum Gasteiger partial charge on any atom is -0.474 e. The van der Waals surface area contributed by atoms with Crippen molar-refractivity contribution in [3.63, 3.8) is 0 Å². The topological polar surface area (TPSA) is 119 Å². The van der Waals surface area contributed by atoms with Gasteiger partial charge in [-0.15, -0.1) is 0 Å². The van der Waals surface area contributed by atoms with Crippen LogP contribution >= 0.6 is 0 Å². The highest BCUT2D eigenvalue weighted by Gasteiger charge is 2.17. The molecule has 3 heterocycles. The van der Waals surface area contributed by atoms with Crippen molar-refractivity contribution < 1.29 is 9.53 Å². The number of hydrogen-bond donors (Lipinski definition) is 2. The van der Waals surface area contributed by atoms with Crippen molar-refractivity contribution in [2.75, 3.05) is 0 Å². The molecular weight excluding hydrogens is 398 g/mol. The number of aryl methyl sites for hydroxylation is 1. The molecule has 31 heavy (non-hydrogen) atoms. The minimum atomic E-state index is -0.559. The van der Waals surface area contributed by atoms with Crippen LogP contribution in [0.15, 0.2) is 40.2 Å². The van der Waals surface area contributed by atoms with Gasteiger partial charge in [0.05, 0.1) is 10.9 Å². The molecule has 3 aromatic rings. The number of ether oxygens (including phenoxy) is 1. The number of aromatic nitrogens is 4. The van der Waals surface area contributed by atoms with Gasteiger partial charge in [-0.25, -0.2) is 14.8 Å². The first-order valence-corrected chi connectivity index (χ1v) is 10.6. The minimum absolute atomic E-state index is 0.204.